The van der Waals surface area contributed by atoms with Crippen molar-refractivity contribution >= 4 is 17.7 Å². The number of aryl methyl sites for hydroxylation is 1. The van der Waals surface area contributed by atoms with Gasteiger partial charge in [0.2, 0.25) is 0 Å². The Morgan fingerprint density at radius 2 is 2.00 bits per heavy atom. The fourth-order valence-corrected chi connectivity index (χ4v) is 2.34. The molecule has 128 valence electrons. The molecule has 1 amide bonds. The van der Waals surface area contributed by atoms with Gasteiger partial charge in [0.15, 0.2) is 11.5 Å². The highest BCUT2D eigenvalue weighted by Gasteiger charge is 2.14. The predicted octanol–water partition coefficient (Wildman–Crippen LogP) is 3.95. The lowest BCUT2D eigenvalue weighted by atomic mass is 10.1. The van der Waals surface area contributed by atoms with Crippen molar-refractivity contribution in [2.45, 2.75) is 13.8 Å². The van der Waals surface area contributed by atoms with Crippen LogP contribution in [-0.2, 0) is 4.79 Å². The molecule has 0 spiro atoms. The van der Waals surface area contributed by atoms with Gasteiger partial charge in [-0.25, -0.2) is 0 Å². The third-order valence-corrected chi connectivity index (χ3v) is 3.57. The fraction of sp³-hybridized carbons (Fsp3) is 0.200. The first-order valence-electron chi connectivity index (χ1n) is 7.89. The highest BCUT2D eigenvalue weighted by atomic mass is 16.5. The third-order valence-electron chi connectivity index (χ3n) is 3.57. The molecule has 0 radical (unpaired) electrons. The molecule has 0 atom stereocenters. The van der Waals surface area contributed by atoms with E-state index in [1.54, 1.807) is 24.3 Å². The Balaban J connectivity index is 2.34. The predicted molar refractivity (Wildman–Crippen MR) is 97.6 cm³/mol. The Bertz CT molecular complexity index is 835. The summed E-state index contributed by atoms with van der Waals surface area (Å²) >= 11 is 0. The van der Waals surface area contributed by atoms with Gasteiger partial charge < -0.3 is 14.8 Å². The summed E-state index contributed by atoms with van der Waals surface area (Å²) in [6, 6.07) is 14.7. The number of nitrogens with zero attached hydrogens (tertiary/aromatic N) is 1. The van der Waals surface area contributed by atoms with Crippen LogP contribution in [0.1, 0.15) is 18.1 Å². The van der Waals surface area contributed by atoms with Crippen molar-refractivity contribution in [3.05, 3.63) is 59.2 Å². The Morgan fingerprint density at radius 1 is 1.24 bits per heavy atom. The Hall–Kier alpha value is -3.26. The number of para-hydroxylation sites is 2. The number of hydrogen-bond acceptors (Lipinski definition) is 4. The molecule has 0 aliphatic rings. The largest absolute Gasteiger partial charge is 0.492 e. The lowest BCUT2D eigenvalue weighted by Gasteiger charge is -2.12. The summed E-state index contributed by atoms with van der Waals surface area (Å²) in [7, 11) is 1.52. The van der Waals surface area contributed by atoms with Crippen LogP contribution in [0, 0.1) is 18.3 Å². The monoisotopic (exact) mass is 336 g/mol. The molecular formula is C20H20N2O3. The van der Waals surface area contributed by atoms with E-state index in [2.05, 4.69) is 5.32 Å². The summed E-state index contributed by atoms with van der Waals surface area (Å²) in [4.78, 5) is 12.4. The number of methoxy groups -OCH3 is 1. The van der Waals surface area contributed by atoms with Crippen LogP contribution in [0.25, 0.3) is 6.08 Å². The number of rotatable bonds is 6. The Kier molecular flexibility index (Phi) is 6.19. The van der Waals surface area contributed by atoms with Crippen molar-refractivity contribution in [1.82, 2.24) is 0 Å². The van der Waals surface area contributed by atoms with E-state index in [1.165, 1.54) is 13.2 Å². The van der Waals surface area contributed by atoms with Gasteiger partial charge in [0.05, 0.1) is 13.7 Å². The second-order valence-corrected chi connectivity index (χ2v) is 5.25. The highest BCUT2D eigenvalue weighted by molar-refractivity contribution is 6.10. The molecule has 0 aromatic heterocycles. The lowest BCUT2D eigenvalue weighted by Crippen LogP contribution is -2.14. The average Bonchev–Trinajstić information content (AvgIpc) is 2.62. The molecule has 0 fully saturated rings. The molecule has 25 heavy (non-hydrogen) atoms. The Labute approximate surface area is 147 Å². The first-order valence-corrected chi connectivity index (χ1v) is 7.89. The highest BCUT2D eigenvalue weighted by Crippen LogP contribution is 2.32. The van der Waals surface area contributed by atoms with Crippen LogP contribution >= 0.6 is 0 Å². The van der Waals surface area contributed by atoms with Gasteiger partial charge in [0.1, 0.15) is 11.6 Å². The molecule has 0 heterocycles. The first-order chi connectivity index (χ1) is 12.1. The van der Waals surface area contributed by atoms with Gasteiger partial charge >= 0.3 is 0 Å². The lowest BCUT2D eigenvalue weighted by molar-refractivity contribution is -0.112. The third kappa shape index (κ3) is 4.39. The van der Waals surface area contributed by atoms with E-state index in [-0.39, 0.29) is 5.57 Å². The topological polar surface area (TPSA) is 71.3 Å². The second kappa shape index (κ2) is 8.55. The van der Waals surface area contributed by atoms with E-state index in [1.807, 2.05) is 38.1 Å². The Morgan fingerprint density at radius 3 is 2.64 bits per heavy atom. The molecule has 0 saturated heterocycles. The molecule has 0 saturated carbocycles. The maximum atomic E-state index is 12.4. The van der Waals surface area contributed by atoms with Crippen LogP contribution in [0.15, 0.2) is 48.0 Å². The molecule has 1 N–H and O–H groups in total. The van der Waals surface area contributed by atoms with Gasteiger partial charge in [0, 0.05) is 11.3 Å². The van der Waals surface area contributed by atoms with Gasteiger partial charge in [-0.1, -0.05) is 30.3 Å². The number of nitrogens with one attached hydrogen (secondary N) is 1. The van der Waals surface area contributed by atoms with Crippen molar-refractivity contribution in [3.8, 4) is 17.6 Å². The number of carbonyl (C=O) groups is 1. The van der Waals surface area contributed by atoms with Crippen LogP contribution in [0.3, 0.4) is 0 Å². The minimum absolute atomic E-state index is 0.0183. The molecule has 0 aliphatic heterocycles. The number of benzene rings is 2. The van der Waals surface area contributed by atoms with Gasteiger partial charge in [-0.3, -0.25) is 4.79 Å². The summed E-state index contributed by atoms with van der Waals surface area (Å²) in [5.74, 6) is 0.580. The van der Waals surface area contributed by atoms with Gasteiger partial charge in [-0.2, -0.15) is 5.26 Å². The van der Waals surface area contributed by atoms with Crippen molar-refractivity contribution in [3.63, 3.8) is 0 Å². The molecule has 0 bridgehead atoms. The second-order valence-electron chi connectivity index (χ2n) is 5.25. The molecule has 5 heteroatoms. The summed E-state index contributed by atoms with van der Waals surface area (Å²) in [5.41, 5.74) is 2.17. The zero-order chi connectivity index (χ0) is 18.2. The minimum atomic E-state index is -0.472. The quantitative estimate of drug-likeness (QED) is 0.640. The van der Waals surface area contributed by atoms with Crippen LogP contribution in [0.5, 0.6) is 11.5 Å². The number of amides is 1. The minimum Gasteiger partial charge on any atom is -0.492 e. The standard InChI is InChI=1S/C20H20N2O3/c1-4-25-18-11-7-9-15(19(18)24-3)12-16(13-21)20(23)22-17-10-6-5-8-14(17)2/h5-12H,4H2,1-3H3,(H,22,23)/b16-12+. The van der Waals surface area contributed by atoms with E-state index in [9.17, 15) is 10.1 Å². The molecule has 2 aromatic carbocycles. The number of carbonyl (C=O) groups excluding carboxylic acids is 1. The van der Waals surface area contributed by atoms with Crippen molar-refractivity contribution in [2.75, 3.05) is 19.0 Å². The number of ether oxygens (including phenoxy) is 2. The molecule has 5 nitrogen and oxygen atoms in total. The first kappa shape index (κ1) is 18.1. The van der Waals surface area contributed by atoms with Crippen molar-refractivity contribution in [2.24, 2.45) is 0 Å². The van der Waals surface area contributed by atoms with Gasteiger partial charge in [-0.05, 0) is 37.6 Å². The van der Waals surface area contributed by atoms with Crippen LogP contribution in [-0.4, -0.2) is 19.6 Å². The zero-order valence-electron chi connectivity index (χ0n) is 14.5. The zero-order valence-corrected chi connectivity index (χ0v) is 14.5. The summed E-state index contributed by atoms with van der Waals surface area (Å²) in [5, 5.41) is 12.1. The summed E-state index contributed by atoms with van der Waals surface area (Å²) in [6.45, 7) is 4.25. The number of anilines is 1. The van der Waals surface area contributed by atoms with Crippen molar-refractivity contribution < 1.29 is 14.3 Å². The fourth-order valence-electron chi connectivity index (χ4n) is 2.34. The number of nitriles is 1. The SMILES string of the molecule is CCOc1cccc(/C=C(\C#N)C(=O)Nc2ccccc2C)c1OC. The van der Waals surface area contributed by atoms with Gasteiger partial charge in [-0.15, -0.1) is 0 Å². The van der Waals surface area contributed by atoms with E-state index in [4.69, 9.17) is 9.47 Å². The van der Waals surface area contributed by atoms with E-state index >= 15 is 0 Å². The summed E-state index contributed by atoms with van der Waals surface area (Å²) in [6.07, 6.45) is 1.50. The van der Waals surface area contributed by atoms with Crippen LogP contribution in [0.4, 0.5) is 5.69 Å². The number of hydrogen-bond donors (Lipinski definition) is 1. The van der Waals surface area contributed by atoms with Gasteiger partial charge in [0.25, 0.3) is 5.91 Å². The maximum absolute atomic E-state index is 12.4. The maximum Gasteiger partial charge on any atom is 0.266 e. The van der Waals surface area contributed by atoms with E-state index in [0.717, 1.165) is 5.56 Å². The molecular weight excluding hydrogens is 316 g/mol. The average molecular weight is 336 g/mol. The van der Waals surface area contributed by atoms with Crippen LogP contribution < -0.4 is 14.8 Å². The molecule has 0 aliphatic carbocycles. The molecule has 2 rings (SSSR count). The normalized spacial score (nSPS) is 10.7. The smallest absolute Gasteiger partial charge is 0.266 e. The summed E-state index contributed by atoms with van der Waals surface area (Å²) < 4.78 is 10.9. The molecule has 0 unspecified atom stereocenters. The van der Waals surface area contributed by atoms with E-state index in [0.29, 0.717) is 29.4 Å². The van der Waals surface area contributed by atoms with Crippen LogP contribution in [0.2, 0.25) is 0 Å². The van der Waals surface area contributed by atoms with Crippen molar-refractivity contribution in [1.29, 1.82) is 5.26 Å². The van der Waals surface area contributed by atoms with E-state index < -0.39 is 5.91 Å². The molecule has 2 aromatic rings.